The van der Waals surface area contributed by atoms with E-state index in [4.69, 9.17) is 16.7 Å². The SMILES string of the molecule is O=C(O)CNc1nc(Nc2c(Cl)cccc2C(F)(F)F)cc(C2CC2)n1. The van der Waals surface area contributed by atoms with Gasteiger partial charge in [0.2, 0.25) is 5.95 Å². The summed E-state index contributed by atoms with van der Waals surface area (Å²) in [7, 11) is 0. The summed E-state index contributed by atoms with van der Waals surface area (Å²) in [6.45, 7) is -0.409. The van der Waals surface area contributed by atoms with Crippen LogP contribution in [0.1, 0.15) is 30.0 Å². The third-order valence-corrected chi connectivity index (χ3v) is 4.03. The Morgan fingerprint density at radius 2 is 2.04 bits per heavy atom. The molecule has 1 aromatic carbocycles. The van der Waals surface area contributed by atoms with Crippen molar-refractivity contribution >= 4 is 35.0 Å². The molecule has 0 spiro atoms. The molecule has 1 saturated carbocycles. The Balaban J connectivity index is 1.96. The minimum absolute atomic E-state index is 0.0277. The standard InChI is InChI=1S/C16H14ClF3N4O2/c17-10-3-1-2-9(16(18,19)20)14(10)23-12-6-11(8-4-5-8)22-15(24-12)21-7-13(25)26/h1-3,6,8H,4-5,7H2,(H,25,26)(H2,21,22,23,24). The summed E-state index contributed by atoms with van der Waals surface area (Å²) < 4.78 is 39.7. The van der Waals surface area contributed by atoms with Gasteiger partial charge in [-0.3, -0.25) is 4.79 Å². The zero-order valence-electron chi connectivity index (χ0n) is 13.3. The highest BCUT2D eigenvalue weighted by molar-refractivity contribution is 6.33. The summed E-state index contributed by atoms with van der Waals surface area (Å²) in [5.41, 5.74) is -0.598. The molecule has 1 aliphatic rings. The van der Waals surface area contributed by atoms with Gasteiger partial charge in [-0.2, -0.15) is 18.2 Å². The Morgan fingerprint density at radius 3 is 2.65 bits per heavy atom. The molecule has 3 rings (SSSR count). The highest BCUT2D eigenvalue weighted by atomic mass is 35.5. The van der Waals surface area contributed by atoms with Crippen molar-refractivity contribution in [1.82, 2.24) is 9.97 Å². The number of carbonyl (C=O) groups is 1. The van der Waals surface area contributed by atoms with Crippen molar-refractivity contribution in [3.05, 3.63) is 40.5 Å². The molecule has 1 fully saturated rings. The Bertz CT molecular complexity index is 841. The smallest absolute Gasteiger partial charge is 0.418 e. The normalized spacial score (nSPS) is 14.2. The van der Waals surface area contributed by atoms with Crippen LogP contribution in [0.5, 0.6) is 0 Å². The van der Waals surface area contributed by atoms with Gasteiger partial charge in [0.1, 0.15) is 12.4 Å². The lowest BCUT2D eigenvalue weighted by atomic mass is 10.1. The maximum absolute atomic E-state index is 13.2. The molecule has 0 bridgehead atoms. The minimum atomic E-state index is -4.59. The fraction of sp³-hybridized carbons (Fsp3) is 0.312. The molecule has 3 N–H and O–H groups in total. The van der Waals surface area contributed by atoms with Crippen molar-refractivity contribution in [2.45, 2.75) is 24.9 Å². The average molecular weight is 387 g/mol. The Labute approximate surface area is 151 Å². The number of aromatic nitrogens is 2. The van der Waals surface area contributed by atoms with Gasteiger partial charge in [0.05, 0.1) is 22.0 Å². The molecule has 1 heterocycles. The van der Waals surface area contributed by atoms with Gasteiger partial charge in [0, 0.05) is 12.0 Å². The second-order valence-corrected chi connectivity index (χ2v) is 6.22. The Morgan fingerprint density at radius 1 is 1.31 bits per heavy atom. The van der Waals surface area contributed by atoms with Crippen LogP contribution in [0.2, 0.25) is 5.02 Å². The van der Waals surface area contributed by atoms with Crippen LogP contribution in [0.3, 0.4) is 0 Å². The molecule has 0 aliphatic heterocycles. The van der Waals surface area contributed by atoms with Gasteiger partial charge in [-0.25, -0.2) is 4.98 Å². The second-order valence-electron chi connectivity index (χ2n) is 5.81. The summed E-state index contributed by atoms with van der Waals surface area (Å²) in [5, 5.41) is 13.8. The molecule has 1 aliphatic carbocycles. The summed E-state index contributed by atoms with van der Waals surface area (Å²) in [4.78, 5) is 19.0. The van der Waals surface area contributed by atoms with Gasteiger partial charge in [-0.05, 0) is 25.0 Å². The molecule has 2 aromatic rings. The second kappa shape index (κ2) is 6.99. The van der Waals surface area contributed by atoms with E-state index in [9.17, 15) is 18.0 Å². The van der Waals surface area contributed by atoms with E-state index in [1.807, 2.05) is 0 Å². The first-order chi connectivity index (χ1) is 12.2. The van der Waals surface area contributed by atoms with E-state index >= 15 is 0 Å². The highest BCUT2D eigenvalue weighted by Gasteiger charge is 2.34. The predicted molar refractivity (Wildman–Crippen MR) is 89.9 cm³/mol. The van der Waals surface area contributed by atoms with Crippen LogP contribution >= 0.6 is 11.6 Å². The molecule has 6 nitrogen and oxygen atoms in total. The molecule has 1 aromatic heterocycles. The number of halogens is 4. The van der Waals surface area contributed by atoms with E-state index in [2.05, 4.69) is 20.6 Å². The van der Waals surface area contributed by atoms with Crippen molar-refractivity contribution < 1.29 is 23.1 Å². The van der Waals surface area contributed by atoms with E-state index in [1.54, 1.807) is 6.07 Å². The lowest BCUT2D eigenvalue weighted by Crippen LogP contribution is -2.15. The van der Waals surface area contributed by atoms with E-state index in [0.29, 0.717) is 5.69 Å². The van der Waals surface area contributed by atoms with Crippen LogP contribution in [0, 0.1) is 0 Å². The summed E-state index contributed by atoms with van der Waals surface area (Å²) in [5.74, 6) is -0.782. The zero-order chi connectivity index (χ0) is 18.9. The van der Waals surface area contributed by atoms with Crippen LogP contribution in [0.25, 0.3) is 0 Å². The van der Waals surface area contributed by atoms with Crippen LogP contribution in [-0.4, -0.2) is 27.6 Å². The first-order valence-electron chi connectivity index (χ1n) is 7.71. The van der Waals surface area contributed by atoms with Crippen molar-refractivity contribution in [3.8, 4) is 0 Å². The van der Waals surface area contributed by atoms with E-state index in [-0.39, 0.29) is 28.4 Å². The average Bonchev–Trinajstić information content (AvgIpc) is 3.38. The highest BCUT2D eigenvalue weighted by Crippen LogP contribution is 2.42. The van der Waals surface area contributed by atoms with Gasteiger partial charge < -0.3 is 15.7 Å². The largest absolute Gasteiger partial charge is 0.480 e. The first-order valence-corrected chi connectivity index (χ1v) is 8.09. The topological polar surface area (TPSA) is 87.1 Å². The van der Waals surface area contributed by atoms with Crippen molar-refractivity contribution in [2.75, 3.05) is 17.2 Å². The van der Waals surface area contributed by atoms with Crippen molar-refractivity contribution in [3.63, 3.8) is 0 Å². The van der Waals surface area contributed by atoms with Crippen molar-refractivity contribution in [1.29, 1.82) is 0 Å². The van der Waals surface area contributed by atoms with Gasteiger partial charge >= 0.3 is 12.1 Å². The van der Waals surface area contributed by atoms with E-state index in [1.165, 1.54) is 12.1 Å². The van der Waals surface area contributed by atoms with Gasteiger partial charge in [0.25, 0.3) is 0 Å². The molecule has 0 atom stereocenters. The van der Waals surface area contributed by atoms with Crippen LogP contribution in [0.4, 0.5) is 30.6 Å². The number of benzene rings is 1. The summed E-state index contributed by atoms with van der Waals surface area (Å²) in [6.07, 6.45) is -2.77. The third-order valence-electron chi connectivity index (χ3n) is 3.71. The first kappa shape index (κ1) is 18.2. The number of carboxylic acid groups (broad SMARTS) is 1. The number of hydrogen-bond acceptors (Lipinski definition) is 5. The van der Waals surface area contributed by atoms with E-state index in [0.717, 1.165) is 18.9 Å². The molecule has 138 valence electrons. The van der Waals surface area contributed by atoms with Crippen LogP contribution in [-0.2, 0) is 11.0 Å². The number of hydrogen-bond donors (Lipinski definition) is 3. The van der Waals surface area contributed by atoms with Gasteiger partial charge in [0.15, 0.2) is 0 Å². The molecule has 0 amide bonds. The Kier molecular flexibility index (Phi) is 4.90. The van der Waals surface area contributed by atoms with Crippen LogP contribution < -0.4 is 10.6 Å². The van der Waals surface area contributed by atoms with Crippen LogP contribution in [0.15, 0.2) is 24.3 Å². The quantitative estimate of drug-likeness (QED) is 0.687. The fourth-order valence-electron chi connectivity index (χ4n) is 2.37. The number of nitrogens with zero attached hydrogens (tertiary/aromatic N) is 2. The monoisotopic (exact) mass is 386 g/mol. The maximum atomic E-state index is 13.2. The minimum Gasteiger partial charge on any atom is -0.480 e. The molecule has 26 heavy (non-hydrogen) atoms. The lowest BCUT2D eigenvalue weighted by molar-refractivity contribution is -0.137. The molecule has 0 saturated heterocycles. The molecular weight excluding hydrogens is 373 g/mol. The number of para-hydroxylation sites is 1. The number of carboxylic acids is 1. The predicted octanol–water partition coefficient (Wildman–Crippen LogP) is 4.27. The summed E-state index contributed by atoms with van der Waals surface area (Å²) in [6, 6.07) is 5.02. The molecule has 0 unspecified atom stereocenters. The van der Waals surface area contributed by atoms with E-state index < -0.39 is 24.3 Å². The number of rotatable bonds is 6. The summed E-state index contributed by atoms with van der Waals surface area (Å²) >= 11 is 5.94. The van der Waals surface area contributed by atoms with Gasteiger partial charge in [-0.15, -0.1) is 0 Å². The molecule has 0 radical (unpaired) electrons. The fourth-order valence-corrected chi connectivity index (χ4v) is 2.59. The van der Waals surface area contributed by atoms with Gasteiger partial charge in [-0.1, -0.05) is 17.7 Å². The molecular formula is C16H14ClF3N4O2. The maximum Gasteiger partial charge on any atom is 0.418 e. The number of alkyl halides is 3. The lowest BCUT2D eigenvalue weighted by Gasteiger charge is -2.16. The molecule has 10 heteroatoms. The number of nitrogens with one attached hydrogen (secondary N) is 2. The zero-order valence-corrected chi connectivity index (χ0v) is 14.0. The number of aliphatic carboxylic acids is 1. The van der Waals surface area contributed by atoms with Crippen molar-refractivity contribution in [2.24, 2.45) is 0 Å². The number of anilines is 3. The third kappa shape index (κ3) is 4.34. The Hall–Kier alpha value is -2.55.